The summed E-state index contributed by atoms with van der Waals surface area (Å²) >= 11 is 2.91. The van der Waals surface area contributed by atoms with Crippen molar-refractivity contribution in [1.82, 2.24) is 0 Å². The summed E-state index contributed by atoms with van der Waals surface area (Å²) < 4.78 is 9.18. The smallest absolute Gasteiger partial charge is 0.348 e. The number of carbonyl (C=O) groups excluding carboxylic acids is 2. The van der Waals surface area contributed by atoms with Gasteiger partial charge in [-0.3, -0.25) is 4.79 Å². The summed E-state index contributed by atoms with van der Waals surface area (Å²) in [5.74, 6) is -0.835. The van der Waals surface area contributed by atoms with E-state index >= 15 is 0 Å². The molecule has 0 atom stereocenters. The SMILES string of the molecule is COC(=O)C(Br)=COC(=O)C1CC1. The van der Waals surface area contributed by atoms with Gasteiger partial charge in [-0.1, -0.05) is 0 Å². The second-order valence-electron chi connectivity index (χ2n) is 2.67. The standard InChI is InChI=1S/C8H9BrO4/c1-12-8(11)6(9)4-13-7(10)5-2-3-5/h4-5H,2-3H2,1H3. The van der Waals surface area contributed by atoms with Crippen LogP contribution in [-0.4, -0.2) is 19.0 Å². The molecule has 1 fully saturated rings. The van der Waals surface area contributed by atoms with E-state index in [2.05, 4.69) is 20.7 Å². The Bertz CT molecular complexity index is 255. The molecule has 0 radical (unpaired) electrons. The predicted octanol–water partition coefficient (Wildman–Crippen LogP) is 1.35. The number of esters is 2. The lowest BCUT2D eigenvalue weighted by Gasteiger charge is -1.98. The predicted molar refractivity (Wildman–Crippen MR) is 47.8 cm³/mol. The Kier molecular flexibility index (Phi) is 3.48. The molecule has 1 saturated carbocycles. The molecule has 1 rings (SSSR count). The fourth-order valence-electron chi connectivity index (χ4n) is 0.671. The van der Waals surface area contributed by atoms with Gasteiger partial charge in [-0.2, -0.15) is 0 Å². The topological polar surface area (TPSA) is 52.6 Å². The lowest BCUT2D eigenvalue weighted by molar-refractivity contribution is -0.139. The lowest BCUT2D eigenvalue weighted by atomic mass is 10.4. The average Bonchev–Trinajstić information content (AvgIpc) is 2.95. The van der Waals surface area contributed by atoms with Crippen LogP contribution in [0.2, 0.25) is 0 Å². The van der Waals surface area contributed by atoms with Crippen molar-refractivity contribution in [2.45, 2.75) is 12.8 Å². The molecule has 0 heterocycles. The van der Waals surface area contributed by atoms with Gasteiger partial charge in [0, 0.05) is 0 Å². The molecule has 0 unspecified atom stereocenters. The largest absolute Gasteiger partial charge is 0.465 e. The van der Waals surface area contributed by atoms with E-state index in [4.69, 9.17) is 4.74 Å². The van der Waals surface area contributed by atoms with Crippen molar-refractivity contribution in [1.29, 1.82) is 0 Å². The summed E-state index contributed by atoms with van der Waals surface area (Å²) in [5, 5.41) is 0. The second kappa shape index (κ2) is 4.41. The quantitative estimate of drug-likeness (QED) is 0.430. The van der Waals surface area contributed by atoms with E-state index < -0.39 is 5.97 Å². The van der Waals surface area contributed by atoms with E-state index in [0.29, 0.717) is 0 Å². The van der Waals surface area contributed by atoms with Crippen molar-refractivity contribution in [2.24, 2.45) is 5.92 Å². The van der Waals surface area contributed by atoms with Gasteiger partial charge in [0.1, 0.15) is 10.7 Å². The summed E-state index contributed by atoms with van der Waals surface area (Å²) in [7, 11) is 1.25. The summed E-state index contributed by atoms with van der Waals surface area (Å²) in [6.45, 7) is 0. The van der Waals surface area contributed by atoms with E-state index in [1.165, 1.54) is 7.11 Å². The number of hydrogen-bond donors (Lipinski definition) is 0. The normalized spacial score (nSPS) is 16.6. The Labute approximate surface area is 84.0 Å². The monoisotopic (exact) mass is 248 g/mol. The fraction of sp³-hybridized carbons (Fsp3) is 0.500. The number of halogens is 1. The zero-order valence-electron chi connectivity index (χ0n) is 7.08. The van der Waals surface area contributed by atoms with Crippen LogP contribution < -0.4 is 0 Å². The Morgan fingerprint density at radius 1 is 1.46 bits per heavy atom. The van der Waals surface area contributed by atoms with Crippen LogP contribution in [0.3, 0.4) is 0 Å². The highest BCUT2D eigenvalue weighted by molar-refractivity contribution is 9.12. The van der Waals surface area contributed by atoms with Gasteiger partial charge in [-0.25, -0.2) is 4.79 Å². The summed E-state index contributed by atoms with van der Waals surface area (Å²) in [4.78, 5) is 21.8. The van der Waals surface area contributed by atoms with E-state index in [9.17, 15) is 9.59 Å². The minimum Gasteiger partial charge on any atom is -0.465 e. The first-order valence-corrected chi connectivity index (χ1v) is 4.59. The molecule has 0 N–H and O–H groups in total. The molecule has 0 aliphatic heterocycles. The van der Waals surface area contributed by atoms with Crippen molar-refractivity contribution < 1.29 is 19.1 Å². The highest BCUT2D eigenvalue weighted by atomic mass is 79.9. The number of methoxy groups -OCH3 is 1. The number of hydrogen-bond acceptors (Lipinski definition) is 4. The van der Waals surface area contributed by atoms with Crippen LogP contribution in [0.1, 0.15) is 12.8 Å². The first-order valence-electron chi connectivity index (χ1n) is 3.79. The van der Waals surface area contributed by atoms with Crippen LogP contribution in [-0.2, 0) is 19.1 Å². The molecule has 0 aromatic carbocycles. The molecule has 5 heteroatoms. The molecule has 1 aliphatic carbocycles. The third kappa shape index (κ3) is 3.18. The van der Waals surface area contributed by atoms with Gasteiger partial charge in [-0.05, 0) is 28.8 Å². The Balaban J connectivity index is 2.37. The molecule has 0 aromatic rings. The maximum Gasteiger partial charge on any atom is 0.348 e. The molecule has 0 amide bonds. The molecule has 0 spiro atoms. The van der Waals surface area contributed by atoms with E-state index in [-0.39, 0.29) is 16.4 Å². The number of ether oxygens (including phenoxy) is 2. The zero-order valence-corrected chi connectivity index (χ0v) is 8.67. The van der Waals surface area contributed by atoms with Crippen molar-refractivity contribution >= 4 is 27.9 Å². The molecule has 0 aromatic heterocycles. The van der Waals surface area contributed by atoms with E-state index in [1.54, 1.807) is 0 Å². The van der Waals surface area contributed by atoms with Gasteiger partial charge in [0.15, 0.2) is 0 Å². The van der Waals surface area contributed by atoms with Gasteiger partial charge >= 0.3 is 11.9 Å². The molecule has 0 bridgehead atoms. The van der Waals surface area contributed by atoms with Gasteiger partial charge in [0.05, 0.1) is 13.0 Å². The van der Waals surface area contributed by atoms with Gasteiger partial charge in [0.2, 0.25) is 0 Å². The molecule has 1 aliphatic rings. The summed E-state index contributed by atoms with van der Waals surface area (Å²) in [6.07, 6.45) is 2.82. The van der Waals surface area contributed by atoms with E-state index in [1.807, 2.05) is 0 Å². The van der Waals surface area contributed by atoms with Crippen LogP contribution in [0.15, 0.2) is 10.7 Å². The maximum atomic E-state index is 11.0. The van der Waals surface area contributed by atoms with Crippen LogP contribution in [0.4, 0.5) is 0 Å². The Hall–Kier alpha value is -0.840. The van der Waals surface area contributed by atoms with Crippen LogP contribution in [0.5, 0.6) is 0 Å². The molecular formula is C8H9BrO4. The van der Waals surface area contributed by atoms with Crippen LogP contribution >= 0.6 is 15.9 Å². The van der Waals surface area contributed by atoms with Crippen molar-refractivity contribution in [3.63, 3.8) is 0 Å². The van der Waals surface area contributed by atoms with Gasteiger partial charge in [0.25, 0.3) is 0 Å². The first kappa shape index (κ1) is 10.2. The third-order valence-electron chi connectivity index (χ3n) is 1.57. The fourth-order valence-corrected chi connectivity index (χ4v) is 0.926. The van der Waals surface area contributed by atoms with E-state index in [0.717, 1.165) is 19.1 Å². The molecule has 4 nitrogen and oxygen atoms in total. The first-order chi connectivity index (χ1) is 6.15. The molecule has 13 heavy (non-hydrogen) atoms. The summed E-state index contributed by atoms with van der Waals surface area (Å²) in [6, 6.07) is 0. The highest BCUT2D eigenvalue weighted by Crippen LogP contribution is 2.30. The zero-order chi connectivity index (χ0) is 9.84. The Morgan fingerprint density at radius 2 is 2.08 bits per heavy atom. The summed E-state index contributed by atoms with van der Waals surface area (Å²) in [5.41, 5.74) is 0. The van der Waals surface area contributed by atoms with Crippen molar-refractivity contribution in [2.75, 3.05) is 7.11 Å². The highest BCUT2D eigenvalue weighted by Gasteiger charge is 2.31. The Morgan fingerprint density at radius 3 is 2.54 bits per heavy atom. The minimum absolute atomic E-state index is 0.0224. The third-order valence-corrected chi connectivity index (χ3v) is 2.08. The van der Waals surface area contributed by atoms with Gasteiger partial charge < -0.3 is 9.47 Å². The van der Waals surface area contributed by atoms with Crippen LogP contribution in [0, 0.1) is 5.92 Å². The maximum absolute atomic E-state index is 11.0. The lowest BCUT2D eigenvalue weighted by Crippen LogP contribution is -2.04. The van der Waals surface area contributed by atoms with Gasteiger partial charge in [-0.15, -0.1) is 0 Å². The number of rotatable bonds is 3. The molecule has 72 valence electrons. The van der Waals surface area contributed by atoms with Crippen LogP contribution in [0.25, 0.3) is 0 Å². The number of carbonyl (C=O) groups is 2. The van der Waals surface area contributed by atoms with Crippen molar-refractivity contribution in [3.8, 4) is 0 Å². The molecular weight excluding hydrogens is 240 g/mol. The molecule has 0 saturated heterocycles. The second-order valence-corrected chi connectivity index (χ2v) is 3.52. The average molecular weight is 249 g/mol. The minimum atomic E-state index is -0.566. The van der Waals surface area contributed by atoms with Crippen molar-refractivity contribution in [3.05, 3.63) is 10.7 Å².